The fraction of sp³-hybridized carbons (Fsp3) is 0.118. The molecule has 3 rings (SSSR count). The van der Waals surface area contributed by atoms with Gasteiger partial charge in [0.1, 0.15) is 18.6 Å². The van der Waals surface area contributed by atoms with E-state index in [4.69, 9.17) is 16.4 Å². The number of rotatable bonds is 2. The fourth-order valence-corrected chi connectivity index (χ4v) is 2.67. The summed E-state index contributed by atoms with van der Waals surface area (Å²) in [7, 11) is 1.52. The molecule has 0 bridgehead atoms. The van der Waals surface area contributed by atoms with Gasteiger partial charge in [0.2, 0.25) is 0 Å². The number of halogens is 2. The Morgan fingerprint density at radius 2 is 1.95 bits per heavy atom. The lowest BCUT2D eigenvalue weighted by Crippen LogP contribution is -1.99. The first kappa shape index (κ1) is 13.8. The zero-order chi connectivity index (χ0) is 14.8. The third kappa shape index (κ3) is 2.83. The highest BCUT2D eigenvalue weighted by molar-refractivity contribution is 6.31. The standard InChI is InChI=1S/C17H13ClFNO/c1-21-20-17-13(8-11-2-5-15(19)6-3-11)9-12-10-14(18)4-7-16(12)17/h2-8,10H,9H2,1H3/b13-8+,20-17?. The molecule has 21 heavy (non-hydrogen) atoms. The van der Waals surface area contributed by atoms with Crippen molar-refractivity contribution < 1.29 is 9.23 Å². The van der Waals surface area contributed by atoms with E-state index in [-0.39, 0.29) is 5.82 Å². The van der Waals surface area contributed by atoms with E-state index in [1.165, 1.54) is 19.2 Å². The largest absolute Gasteiger partial charge is 0.399 e. The van der Waals surface area contributed by atoms with Gasteiger partial charge in [0, 0.05) is 17.0 Å². The first-order valence-electron chi connectivity index (χ1n) is 6.54. The maximum atomic E-state index is 13.0. The van der Waals surface area contributed by atoms with Crippen LogP contribution in [0.4, 0.5) is 4.39 Å². The molecule has 2 aromatic carbocycles. The van der Waals surface area contributed by atoms with Crippen LogP contribution < -0.4 is 0 Å². The molecule has 0 saturated heterocycles. The molecule has 1 aliphatic rings. The second-order valence-electron chi connectivity index (χ2n) is 4.82. The van der Waals surface area contributed by atoms with Crippen molar-refractivity contribution in [2.75, 3.05) is 7.11 Å². The molecule has 0 heterocycles. The quantitative estimate of drug-likeness (QED) is 0.750. The fourth-order valence-electron chi connectivity index (χ4n) is 2.48. The summed E-state index contributed by atoms with van der Waals surface area (Å²) in [6.45, 7) is 0. The van der Waals surface area contributed by atoms with Gasteiger partial charge in [-0.15, -0.1) is 0 Å². The molecule has 0 radical (unpaired) electrons. The van der Waals surface area contributed by atoms with Crippen LogP contribution in [0.3, 0.4) is 0 Å². The van der Waals surface area contributed by atoms with Crippen LogP contribution in [0.25, 0.3) is 6.08 Å². The Kier molecular flexibility index (Phi) is 3.76. The van der Waals surface area contributed by atoms with Crippen LogP contribution in [0.1, 0.15) is 16.7 Å². The summed E-state index contributed by atoms with van der Waals surface area (Å²) in [6.07, 6.45) is 2.72. The van der Waals surface area contributed by atoms with E-state index in [0.29, 0.717) is 5.02 Å². The Bertz CT molecular complexity index is 735. The summed E-state index contributed by atoms with van der Waals surface area (Å²) >= 11 is 6.04. The van der Waals surface area contributed by atoms with Crippen molar-refractivity contribution in [1.29, 1.82) is 0 Å². The molecule has 0 atom stereocenters. The number of benzene rings is 2. The van der Waals surface area contributed by atoms with Crippen LogP contribution in [0, 0.1) is 5.82 Å². The summed E-state index contributed by atoms with van der Waals surface area (Å²) in [4.78, 5) is 4.95. The van der Waals surface area contributed by atoms with Crippen molar-refractivity contribution in [3.8, 4) is 0 Å². The van der Waals surface area contributed by atoms with Crippen molar-refractivity contribution in [2.24, 2.45) is 5.16 Å². The van der Waals surface area contributed by atoms with Gasteiger partial charge >= 0.3 is 0 Å². The molecule has 0 unspecified atom stereocenters. The molecule has 0 saturated carbocycles. The summed E-state index contributed by atoms with van der Waals surface area (Å²) in [5, 5.41) is 4.82. The summed E-state index contributed by atoms with van der Waals surface area (Å²) in [5.74, 6) is -0.246. The molecular weight excluding hydrogens is 289 g/mol. The highest BCUT2D eigenvalue weighted by atomic mass is 35.5. The molecule has 0 fully saturated rings. The molecule has 2 aromatic rings. The molecular formula is C17H13ClFNO. The predicted molar refractivity (Wildman–Crippen MR) is 83.1 cm³/mol. The number of nitrogens with zero attached hydrogens (tertiary/aromatic N) is 1. The topological polar surface area (TPSA) is 21.6 Å². The Balaban J connectivity index is 2.04. The SMILES string of the molecule is CON=C1/C(=C/c2ccc(F)cc2)Cc2cc(Cl)ccc21. The minimum Gasteiger partial charge on any atom is -0.399 e. The Labute approximate surface area is 127 Å². The molecule has 0 aromatic heterocycles. The lowest BCUT2D eigenvalue weighted by molar-refractivity contribution is 0.214. The third-order valence-electron chi connectivity index (χ3n) is 3.40. The maximum Gasteiger partial charge on any atom is 0.123 e. The second-order valence-corrected chi connectivity index (χ2v) is 5.26. The third-order valence-corrected chi connectivity index (χ3v) is 3.64. The summed E-state index contributed by atoms with van der Waals surface area (Å²) in [5.41, 5.74) is 4.89. The van der Waals surface area contributed by atoms with E-state index in [1.54, 1.807) is 12.1 Å². The van der Waals surface area contributed by atoms with E-state index in [2.05, 4.69) is 5.16 Å². The number of hydrogen-bond donors (Lipinski definition) is 0. The van der Waals surface area contributed by atoms with Gasteiger partial charge in [-0.25, -0.2) is 4.39 Å². The van der Waals surface area contributed by atoms with Gasteiger partial charge in [0.05, 0.1) is 0 Å². The lowest BCUT2D eigenvalue weighted by Gasteiger charge is -2.01. The predicted octanol–water partition coefficient (Wildman–Crippen LogP) is 4.47. The Hall–Kier alpha value is -2.13. The zero-order valence-electron chi connectivity index (χ0n) is 11.4. The van der Waals surface area contributed by atoms with E-state index in [1.807, 2.05) is 24.3 Å². The smallest absolute Gasteiger partial charge is 0.123 e. The van der Waals surface area contributed by atoms with E-state index < -0.39 is 0 Å². The van der Waals surface area contributed by atoms with Crippen LogP contribution in [-0.4, -0.2) is 12.8 Å². The molecule has 0 amide bonds. The van der Waals surface area contributed by atoms with E-state index in [0.717, 1.165) is 34.4 Å². The van der Waals surface area contributed by atoms with Crippen LogP contribution in [-0.2, 0) is 11.3 Å². The van der Waals surface area contributed by atoms with Gasteiger partial charge in [-0.05, 0) is 47.0 Å². The molecule has 1 aliphatic carbocycles. The molecule has 0 aliphatic heterocycles. The lowest BCUT2D eigenvalue weighted by atomic mass is 10.1. The van der Waals surface area contributed by atoms with Crippen LogP contribution >= 0.6 is 11.6 Å². The normalized spacial score (nSPS) is 17.3. The first-order valence-corrected chi connectivity index (χ1v) is 6.91. The number of fused-ring (bicyclic) bond motifs is 1. The van der Waals surface area contributed by atoms with Gasteiger partial charge in [-0.3, -0.25) is 0 Å². The van der Waals surface area contributed by atoms with Crippen molar-refractivity contribution in [3.63, 3.8) is 0 Å². The van der Waals surface area contributed by atoms with Crippen LogP contribution in [0.15, 0.2) is 53.2 Å². The average Bonchev–Trinajstić information content (AvgIpc) is 2.79. The molecule has 0 spiro atoms. The maximum absolute atomic E-state index is 13.0. The highest BCUT2D eigenvalue weighted by Gasteiger charge is 2.23. The van der Waals surface area contributed by atoms with Crippen molar-refractivity contribution in [1.82, 2.24) is 0 Å². The van der Waals surface area contributed by atoms with Gasteiger partial charge < -0.3 is 4.84 Å². The van der Waals surface area contributed by atoms with Crippen molar-refractivity contribution >= 4 is 23.4 Å². The summed E-state index contributed by atoms with van der Waals surface area (Å²) < 4.78 is 13.0. The first-order chi connectivity index (χ1) is 10.2. The summed E-state index contributed by atoms with van der Waals surface area (Å²) in [6, 6.07) is 12.1. The Morgan fingerprint density at radius 3 is 2.67 bits per heavy atom. The number of hydrogen-bond acceptors (Lipinski definition) is 2. The minimum absolute atomic E-state index is 0.246. The van der Waals surface area contributed by atoms with Gasteiger partial charge in [-0.2, -0.15) is 0 Å². The minimum atomic E-state index is -0.246. The van der Waals surface area contributed by atoms with Crippen molar-refractivity contribution in [3.05, 3.63) is 75.6 Å². The monoisotopic (exact) mass is 301 g/mol. The van der Waals surface area contributed by atoms with Gasteiger partial charge in [0.25, 0.3) is 0 Å². The molecule has 2 nitrogen and oxygen atoms in total. The van der Waals surface area contributed by atoms with Crippen molar-refractivity contribution in [2.45, 2.75) is 6.42 Å². The molecule has 106 valence electrons. The van der Waals surface area contributed by atoms with Crippen LogP contribution in [0.5, 0.6) is 0 Å². The van der Waals surface area contributed by atoms with Crippen LogP contribution in [0.2, 0.25) is 5.02 Å². The highest BCUT2D eigenvalue weighted by Crippen LogP contribution is 2.30. The zero-order valence-corrected chi connectivity index (χ0v) is 12.2. The van der Waals surface area contributed by atoms with Gasteiger partial charge in [0.15, 0.2) is 0 Å². The number of oxime groups is 1. The number of allylic oxidation sites excluding steroid dienone is 1. The Morgan fingerprint density at radius 1 is 1.19 bits per heavy atom. The second kappa shape index (κ2) is 5.70. The van der Waals surface area contributed by atoms with E-state index in [9.17, 15) is 4.39 Å². The average molecular weight is 302 g/mol. The molecule has 0 N–H and O–H groups in total. The molecule has 4 heteroatoms. The van der Waals surface area contributed by atoms with E-state index >= 15 is 0 Å². The van der Waals surface area contributed by atoms with Gasteiger partial charge in [-0.1, -0.05) is 35.0 Å².